The third-order valence-corrected chi connectivity index (χ3v) is 4.70. The fourth-order valence-corrected chi connectivity index (χ4v) is 3.39. The smallest absolute Gasteiger partial charge is 0.259 e. The van der Waals surface area contributed by atoms with Crippen molar-refractivity contribution < 1.29 is 9.53 Å². The van der Waals surface area contributed by atoms with Crippen LogP contribution in [-0.4, -0.2) is 24.5 Å². The van der Waals surface area contributed by atoms with Crippen LogP contribution in [0.5, 0.6) is 5.75 Å². The molecule has 1 aliphatic heterocycles. The number of carbonyl (C=O) groups is 1. The fourth-order valence-electron chi connectivity index (χ4n) is 3.39. The molecular formula is C22H21N3O2. The van der Waals surface area contributed by atoms with Gasteiger partial charge >= 0.3 is 0 Å². The number of ether oxygens (including phenoxy) is 1. The van der Waals surface area contributed by atoms with Crippen molar-refractivity contribution in [3.63, 3.8) is 0 Å². The summed E-state index contributed by atoms with van der Waals surface area (Å²) >= 11 is 0. The number of nitrogens with zero attached hydrogens (tertiary/aromatic N) is 2. The van der Waals surface area contributed by atoms with Gasteiger partial charge in [0.2, 0.25) is 0 Å². The third-order valence-electron chi connectivity index (χ3n) is 4.70. The van der Waals surface area contributed by atoms with Crippen molar-refractivity contribution in [2.75, 3.05) is 23.9 Å². The minimum absolute atomic E-state index is 0.0241. The van der Waals surface area contributed by atoms with Gasteiger partial charge in [-0.2, -0.15) is 0 Å². The molecule has 0 spiro atoms. The quantitative estimate of drug-likeness (QED) is 0.749. The van der Waals surface area contributed by atoms with E-state index in [0.29, 0.717) is 5.56 Å². The number of nitrogens with one attached hydrogen (secondary N) is 1. The molecule has 5 heteroatoms. The van der Waals surface area contributed by atoms with E-state index >= 15 is 0 Å². The van der Waals surface area contributed by atoms with Crippen LogP contribution in [0.15, 0.2) is 67.0 Å². The molecule has 27 heavy (non-hydrogen) atoms. The Labute approximate surface area is 158 Å². The second kappa shape index (κ2) is 7.50. The molecule has 1 amide bonds. The summed E-state index contributed by atoms with van der Waals surface area (Å²) in [7, 11) is 1.64. The van der Waals surface area contributed by atoms with Crippen LogP contribution in [0.2, 0.25) is 0 Å². The molecule has 0 fully saturated rings. The first-order valence-corrected chi connectivity index (χ1v) is 9.00. The molecule has 0 unspecified atom stereocenters. The topological polar surface area (TPSA) is 54.5 Å². The van der Waals surface area contributed by atoms with Gasteiger partial charge in [-0.25, -0.2) is 0 Å². The molecule has 2 heterocycles. The molecule has 1 N–H and O–H groups in total. The van der Waals surface area contributed by atoms with Crippen molar-refractivity contribution in [3.8, 4) is 5.75 Å². The highest BCUT2D eigenvalue weighted by molar-refractivity contribution is 6.07. The first-order valence-electron chi connectivity index (χ1n) is 9.00. The van der Waals surface area contributed by atoms with Gasteiger partial charge in [0.1, 0.15) is 5.75 Å². The van der Waals surface area contributed by atoms with Crippen molar-refractivity contribution >= 4 is 23.0 Å². The number of hydrogen-bond donors (Lipinski definition) is 1. The number of pyridine rings is 1. The van der Waals surface area contributed by atoms with Crippen LogP contribution in [0.4, 0.5) is 17.1 Å². The molecule has 0 bridgehead atoms. The van der Waals surface area contributed by atoms with E-state index < -0.39 is 0 Å². The Balaban J connectivity index is 1.58. The molecule has 2 aromatic carbocycles. The van der Waals surface area contributed by atoms with E-state index in [2.05, 4.69) is 16.4 Å². The van der Waals surface area contributed by atoms with Crippen molar-refractivity contribution in [3.05, 3.63) is 78.1 Å². The van der Waals surface area contributed by atoms with Crippen molar-refractivity contribution in [1.82, 2.24) is 4.98 Å². The van der Waals surface area contributed by atoms with Gasteiger partial charge in [0.25, 0.3) is 5.91 Å². The number of hydrogen-bond acceptors (Lipinski definition) is 4. The van der Waals surface area contributed by atoms with E-state index in [-0.39, 0.29) is 5.91 Å². The Hall–Kier alpha value is -3.34. The van der Waals surface area contributed by atoms with Crippen molar-refractivity contribution in [2.45, 2.75) is 12.8 Å². The lowest BCUT2D eigenvalue weighted by Gasteiger charge is -2.29. The van der Waals surface area contributed by atoms with E-state index in [1.807, 2.05) is 53.4 Å². The third kappa shape index (κ3) is 3.62. The van der Waals surface area contributed by atoms with E-state index in [0.717, 1.165) is 42.2 Å². The van der Waals surface area contributed by atoms with Gasteiger partial charge in [0.05, 0.1) is 24.6 Å². The maximum atomic E-state index is 13.1. The molecule has 0 aliphatic carbocycles. The molecule has 5 nitrogen and oxygen atoms in total. The molecule has 136 valence electrons. The molecule has 0 saturated heterocycles. The number of anilines is 3. The maximum Gasteiger partial charge on any atom is 0.259 e. The Morgan fingerprint density at radius 3 is 2.85 bits per heavy atom. The summed E-state index contributed by atoms with van der Waals surface area (Å²) in [5.41, 5.74) is 4.43. The molecule has 3 aromatic rings. The van der Waals surface area contributed by atoms with Crippen LogP contribution in [0.1, 0.15) is 22.3 Å². The molecule has 4 rings (SSSR count). The molecule has 1 aromatic heterocycles. The summed E-state index contributed by atoms with van der Waals surface area (Å²) in [6.07, 6.45) is 5.31. The van der Waals surface area contributed by atoms with Gasteiger partial charge in [0.15, 0.2) is 0 Å². The van der Waals surface area contributed by atoms with Crippen molar-refractivity contribution in [2.24, 2.45) is 0 Å². The number of para-hydroxylation sites is 1. The highest BCUT2D eigenvalue weighted by Gasteiger charge is 2.23. The first-order chi connectivity index (χ1) is 13.2. The summed E-state index contributed by atoms with van der Waals surface area (Å²) in [5, 5.41) is 3.28. The standard InChI is InChI=1S/C22H21N3O2/c1-27-20-9-4-8-18(13-20)24-19-12-17(14-23-15-19)22(26)25-11-5-7-16-6-2-3-10-21(16)25/h2-4,6,8-10,12-15,24H,5,7,11H2,1H3. The van der Waals surface area contributed by atoms with Crippen LogP contribution in [0.3, 0.4) is 0 Å². The number of methoxy groups -OCH3 is 1. The van der Waals surface area contributed by atoms with Gasteiger partial charge in [-0.15, -0.1) is 0 Å². The van der Waals surface area contributed by atoms with Gasteiger partial charge in [-0.3, -0.25) is 9.78 Å². The SMILES string of the molecule is COc1cccc(Nc2cncc(C(=O)N3CCCc4ccccc43)c2)c1. The average Bonchev–Trinajstić information content (AvgIpc) is 2.73. The van der Waals surface area contributed by atoms with E-state index in [9.17, 15) is 4.79 Å². The predicted molar refractivity (Wildman–Crippen MR) is 107 cm³/mol. The molecular weight excluding hydrogens is 338 g/mol. The fraction of sp³-hybridized carbons (Fsp3) is 0.182. The zero-order valence-corrected chi connectivity index (χ0v) is 15.2. The van der Waals surface area contributed by atoms with Crippen LogP contribution < -0.4 is 15.0 Å². The summed E-state index contributed by atoms with van der Waals surface area (Å²) < 4.78 is 5.25. The Kier molecular flexibility index (Phi) is 4.75. The minimum Gasteiger partial charge on any atom is -0.497 e. The first kappa shape index (κ1) is 17.1. The zero-order chi connectivity index (χ0) is 18.6. The summed E-state index contributed by atoms with van der Waals surface area (Å²) in [5.74, 6) is 0.744. The number of fused-ring (bicyclic) bond motifs is 1. The lowest BCUT2D eigenvalue weighted by atomic mass is 10.0. The van der Waals surface area contributed by atoms with Crippen LogP contribution >= 0.6 is 0 Å². The van der Waals surface area contributed by atoms with E-state index in [4.69, 9.17) is 4.74 Å². The number of benzene rings is 2. The number of amides is 1. The Morgan fingerprint density at radius 1 is 1.07 bits per heavy atom. The lowest BCUT2D eigenvalue weighted by molar-refractivity contribution is 0.0985. The largest absolute Gasteiger partial charge is 0.497 e. The van der Waals surface area contributed by atoms with Gasteiger partial charge < -0.3 is 15.0 Å². The molecule has 0 saturated carbocycles. The van der Waals surface area contributed by atoms with Gasteiger partial charge in [0, 0.05) is 30.2 Å². The zero-order valence-electron chi connectivity index (χ0n) is 15.2. The number of aromatic nitrogens is 1. The number of carbonyl (C=O) groups excluding carboxylic acids is 1. The minimum atomic E-state index is -0.0241. The number of aryl methyl sites for hydroxylation is 1. The average molecular weight is 359 g/mol. The summed E-state index contributed by atoms with van der Waals surface area (Å²) in [6, 6.07) is 17.6. The maximum absolute atomic E-state index is 13.1. The second-order valence-electron chi connectivity index (χ2n) is 6.51. The second-order valence-corrected chi connectivity index (χ2v) is 6.51. The molecule has 0 radical (unpaired) electrons. The van der Waals surface area contributed by atoms with Crippen LogP contribution in [0.25, 0.3) is 0 Å². The predicted octanol–water partition coefficient (Wildman–Crippen LogP) is 4.43. The van der Waals surface area contributed by atoms with E-state index in [1.54, 1.807) is 19.5 Å². The monoisotopic (exact) mass is 359 g/mol. The Bertz CT molecular complexity index is 971. The molecule has 0 atom stereocenters. The van der Waals surface area contributed by atoms with Gasteiger partial charge in [-0.1, -0.05) is 24.3 Å². The highest BCUT2D eigenvalue weighted by atomic mass is 16.5. The summed E-state index contributed by atoms with van der Waals surface area (Å²) in [6.45, 7) is 0.726. The number of rotatable bonds is 4. The normalized spacial score (nSPS) is 13.0. The van der Waals surface area contributed by atoms with Gasteiger partial charge in [-0.05, 0) is 42.7 Å². The van der Waals surface area contributed by atoms with Crippen molar-refractivity contribution in [1.29, 1.82) is 0 Å². The van der Waals surface area contributed by atoms with E-state index in [1.165, 1.54) is 5.56 Å². The summed E-state index contributed by atoms with van der Waals surface area (Å²) in [4.78, 5) is 19.2. The molecule has 1 aliphatic rings. The van der Waals surface area contributed by atoms with Crippen LogP contribution in [-0.2, 0) is 6.42 Å². The Morgan fingerprint density at radius 2 is 1.96 bits per heavy atom. The van der Waals surface area contributed by atoms with Crippen LogP contribution in [0, 0.1) is 0 Å². The highest BCUT2D eigenvalue weighted by Crippen LogP contribution is 2.28. The lowest BCUT2D eigenvalue weighted by Crippen LogP contribution is -2.35.